The van der Waals surface area contributed by atoms with Crippen molar-refractivity contribution in [1.82, 2.24) is 5.32 Å². The lowest BCUT2D eigenvalue weighted by atomic mass is 10.0. The van der Waals surface area contributed by atoms with Crippen LogP contribution in [0.25, 0.3) is 0 Å². The Morgan fingerprint density at radius 2 is 2.22 bits per heavy atom. The van der Waals surface area contributed by atoms with E-state index in [2.05, 4.69) is 18.3 Å². The first-order chi connectivity index (χ1) is 8.65. The number of hydrogen-bond acceptors (Lipinski definition) is 1. The van der Waals surface area contributed by atoms with Crippen LogP contribution in [0, 0.1) is 12.8 Å². The number of alkyl halides is 1. The van der Waals surface area contributed by atoms with Crippen molar-refractivity contribution in [3.8, 4) is 0 Å². The second-order valence-electron chi connectivity index (χ2n) is 4.72. The van der Waals surface area contributed by atoms with Crippen molar-refractivity contribution in [1.29, 1.82) is 0 Å². The van der Waals surface area contributed by atoms with Gasteiger partial charge >= 0.3 is 0 Å². The summed E-state index contributed by atoms with van der Waals surface area (Å²) in [4.78, 5) is 11.8. The topological polar surface area (TPSA) is 29.1 Å². The highest BCUT2D eigenvalue weighted by molar-refractivity contribution is 6.17. The van der Waals surface area contributed by atoms with Crippen molar-refractivity contribution in [2.75, 3.05) is 12.4 Å². The molecule has 0 aliphatic heterocycles. The molecular weight excluding hydrogens is 246 g/mol. The summed E-state index contributed by atoms with van der Waals surface area (Å²) in [5, 5.41) is 2.99. The van der Waals surface area contributed by atoms with E-state index >= 15 is 0 Å². The van der Waals surface area contributed by atoms with E-state index in [0.29, 0.717) is 18.2 Å². The number of rotatable bonds is 7. The van der Waals surface area contributed by atoms with E-state index in [1.807, 2.05) is 25.1 Å². The molecule has 1 amide bonds. The van der Waals surface area contributed by atoms with Gasteiger partial charge in [0.05, 0.1) is 6.42 Å². The zero-order valence-corrected chi connectivity index (χ0v) is 12.0. The summed E-state index contributed by atoms with van der Waals surface area (Å²) < 4.78 is 0. The van der Waals surface area contributed by atoms with Crippen molar-refractivity contribution < 1.29 is 4.79 Å². The minimum Gasteiger partial charge on any atom is -0.356 e. The second kappa shape index (κ2) is 8.15. The van der Waals surface area contributed by atoms with E-state index < -0.39 is 0 Å². The van der Waals surface area contributed by atoms with Crippen LogP contribution in [0.4, 0.5) is 0 Å². The first-order valence-corrected chi connectivity index (χ1v) is 7.07. The molecule has 0 aliphatic rings. The van der Waals surface area contributed by atoms with Crippen LogP contribution in [0.1, 0.15) is 30.9 Å². The predicted molar refractivity (Wildman–Crippen MR) is 77.0 cm³/mol. The van der Waals surface area contributed by atoms with E-state index in [4.69, 9.17) is 11.6 Å². The SMILES string of the molecule is CCC(CCCl)CNC(=O)Cc1cccc(C)c1. The fourth-order valence-electron chi connectivity index (χ4n) is 1.93. The number of hydrogen-bond donors (Lipinski definition) is 1. The Bertz CT molecular complexity index is 379. The molecular formula is C15H22ClNO. The van der Waals surface area contributed by atoms with Crippen LogP contribution in [0.5, 0.6) is 0 Å². The van der Waals surface area contributed by atoms with E-state index in [-0.39, 0.29) is 5.91 Å². The average Bonchev–Trinajstić information content (AvgIpc) is 2.34. The summed E-state index contributed by atoms with van der Waals surface area (Å²) in [6, 6.07) is 8.06. The van der Waals surface area contributed by atoms with Crippen molar-refractivity contribution in [3.63, 3.8) is 0 Å². The monoisotopic (exact) mass is 267 g/mol. The Kier molecular flexibility index (Phi) is 6.81. The van der Waals surface area contributed by atoms with E-state index in [1.54, 1.807) is 0 Å². The third-order valence-corrected chi connectivity index (χ3v) is 3.35. The molecule has 1 atom stereocenters. The highest BCUT2D eigenvalue weighted by Crippen LogP contribution is 2.08. The lowest BCUT2D eigenvalue weighted by Gasteiger charge is -2.14. The molecule has 0 heterocycles. The highest BCUT2D eigenvalue weighted by Gasteiger charge is 2.08. The van der Waals surface area contributed by atoms with Gasteiger partial charge in [0.2, 0.25) is 5.91 Å². The van der Waals surface area contributed by atoms with Crippen LogP contribution in [0.15, 0.2) is 24.3 Å². The van der Waals surface area contributed by atoms with Crippen LogP contribution in [0.3, 0.4) is 0 Å². The summed E-state index contributed by atoms with van der Waals surface area (Å²) in [5.74, 6) is 1.24. The Hall–Kier alpha value is -1.02. The van der Waals surface area contributed by atoms with Crippen molar-refractivity contribution >= 4 is 17.5 Å². The molecule has 0 saturated carbocycles. The number of halogens is 1. The summed E-state index contributed by atoms with van der Waals surface area (Å²) in [5.41, 5.74) is 2.26. The summed E-state index contributed by atoms with van der Waals surface area (Å²) in [7, 11) is 0. The number of carbonyl (C=O) groups is 1. The number of benzene rings is 1. The normalized spacial score (nSPS) is 12.2. The quantitative estimate of drug-likeness (QED) is 0.755. The predicted octanol–water partition coefficient (Wildman–Crippen LogP) is 3.31. The zero-order valence-electron chi connectivity index (χ0n) is 11.2. The molecule has 1 N–H and O–H groups in total. The van der Waals surface area contributed by atoms with Gasteiger partial charge in [-0.15, -0.1) is 11.6 Å². The van der Waals surface area contributed by atoms with Gasteiger partial charge in [-0.05, 0) is 24.8 Å². The minimum atomic E-state index is 0.0913. The van der Waals surface area contributed by atoms with Crippen molar-refractivity contribution in [2.45, 2.75) is 33.1 Å². The molecule has 0 aromatic heterocycles. The zero-order chi connectivity index (χ0) is 13.4. The van der Waals surface area contributed by atoms with Gasteiger partial charge in [0.15, 0.2) is 0 Å². The molecule has 3 heteroatoms. The number of nitrogens with one attached hydrogen (secondary N) is 1. The Morgan fingerprint density at radius 1 is 1.44 bits per heavy atom. The fraction of sp³-hybridized carbons (Fsp3) is 0.533. The third-order valence-electron chi connectivity index (χ3n) is 3.13. The van der Waals surface area contributed by atoms with Crippen LogP contribution >= 0.6 is 11.6 Å². The summed E-state index contributed by atoms with van der Waals surface area (Å²) >= 11 is 5.72. The largest absolute Gasteiger partial charge is 0.356 e. The highest BCUT2D eigenvalue weighted by atomic mass is 35.5. The molecule has 18 heavy (non-hydrogen) atoms. The molecule has 100 valence electrons. The van der Waals surface area contributed by atoms with Gasteiger partial charge in [-0.2, -0.15) is 0 Å². The maximum atomic E-state index is 11.8. The van der Waals surface area contributed by atoms with E-state index in [1.165, 1.54) is 5.56 Å². The average molecular weight is 268 g/mol. The van der Waals surface area contributed by atoms with Gasteiger partial charge in [-0.25, -0.2) is 0 Å². The first-order valence-electron chi connectivity index (χ1n) is 6.54. The molecule has 0 radical (unpaired) electrons. The van der Waals surface area contributed by atoms with Gasteiger partial charge in [0.1, 0.15) is 0 Å². The number of aryl methyl sites for hydroxylation is 1. The van der Waals surface area contributed by atoms with Crippen LogP contribution in [-0.4, -0.2) is 18.3 Å². The Balaban J connectivity index is 2.37. The van der Waals surface area contributed by atoms with Gasteiger partial charge in [-0.3, -0.25) is 4.79 Å². The maximum absolute atomic E-state index is 11.8. The third kappa shape index (κ3) is 5.54. The second-order valence-corrected chi connectivity index (χ2v) is 5.10. The van der Waals surface area contributed by atoms with Crippen molar-refractivity contribution in [3.05, 3.63) is 35.4 Å². The number of carbonyl (C=O) groups excluding carboxylic acids is 1. The molecule has 0 fully saturated rings. The molecule has 1 aromatic rings. The van der Waals surface area contributed by atoms with Gasteiger partial charge in [0.25, 0.3) is 0 Å². The molecule has 2 nitrogen and oxygen atoms in total. The molecule has 0 aliphatic carbocycles. The molecule has 0 spiro atoms. The molecule has 1 aromatic carbocycles. The number of amides is 1. The lowest BCUT2D eigenvalue weighted by molar-refractivity contribution is -0.120. The molecule has 1 rings (SSSR count). The lowest BCUT2D eigenvalue weighted by Crippen LogP contribution is -2.30. The van der Waals surface area contributed by atoms with E-state index in [0.717, 1.165) is 24.9 Å². The summed E-state index contributed by atoms with van der Waals surface area (Å²) in [6.07, 6.45) is 2.47. The molecule has 1 unspecified atom stereocenters. The Labute approximate surface area is 115 Å². The fourth-order valence-corrected chi connectivity index (χ4v) is 2.24. The van der Waals surface area contributed by atoms with Gasteiger partial charge in [-0.1, -0.05) is 43.2 Å². The minimum absolute atomic E-state index is 0.0913. The van der Waals surface area contributed by atoms with Crippen LogP contribution < -0.4 is 5.32 Å². The van der Waals surface area contributed by atoms with Crippen LogP contribution in [-0.2, 0) is 11.2 Å². The van der Waals surface area contributed by atoms with E-state index in [9.17, 15) is 4.79 Å². The first kappa shape index (κ1) is 15.0. The smallest absolute Gasteiger partial charge is 0.224 e. The standard InChI is InChI=1S/C15H22ClNO/c1-3-13(7-8-16)11-17-15(18)10-14-6-4-5-12(2)9-14/h4-6,9,13H,3,7-8,10-11H2,1-2H3,(H,17,18). The molecule has 0 saturated heterocycles. The van der Waals surface area contributed by atoms with Gasteiger partial charge in [0, 0.05) is 12.4 Å². The van der Waals surface area contributed by atoms with Gasteiger partial charge < -0.3 is 5.32 Å². The maximum Gasteiger partial charge on any atom is 0.224 e. The molecule has 0 bridgehead atoms. The summed E-state index contributed by atoms with van der Waals surface area (Å²) in [6.45, 7) is 4.90. The van der Waals surface area contributed by atoms with Crippen LogP contribution in [0.2, 0.25) is 0 Å². The Morgan fingerprint density at radius 3 is 2.83 bits per heavy atom. The van der Waals surface area contributed by atoms with Crippen molar-refractivity contribution in [2.24, 2.45) is 5.92 Å².